The van der Waals surface area contributed by atoms with Gasteiger partial charge in [0.1, 0.15) is 22.9 Å². The first-order valence-corrected chi connectivity index (χ1v) is 12.8. The molecule has 34 heavy (non-hydrogen) atoms. The Balaban J connectivity index is 1.99. The maximum absolute atomic E-state index is 13.5. The zero-order valence-corrected chi connectivity index (χ0v) is 20.9. The summed E-state index contributed by atoms with van der Waals surface area (Å²) in [6, 6.07) is 8.01. The lowest BCUT2D eigenvalue weighted by atomic mass is 10.0. The third-order valence-electron chi connectivity index (χ3n) is 5.76. The van der Waals surface area contributed by atoms with Crippen LogP contribution < -0.4 is 4.74 Å². The van der Waals surface area contributed by atoms with Gasteiger partial charge in [-0.15, -0.1) is 0 Å². The van der Waals surface area contributed by atoms with Crippen molar-refractivity contribution in [1.82, 2.24) is 14.2 Å². The lowest BCUT2D eigenvalue weighted by Gasteiger charge is -2.37. The third kappa shape index (κ3) is 6.34. The van der Waals surface area contributed by atoms with Gasteiger partial charge in [0.25, 0.3) is 0 Å². The van der Waals surface area contributed by atoms with Crippen LogP contribution in [0.15, 0.2) is 47.6 Å². The highest BCUT2D eigenvalue weighted by Crippen LogP contribution is 2.34. The molecule has 2 aromatic rings. The Labute approximate surface area is 202 Å². The number of aliphatic hydroxyl groups excluding tert-OH is 2. The van der Waals surface area contributed by atoms with Gasteiger partial charge >= 0.3 is 0 Å². The second kappa shape index (κ2) is 11.3. The lowest BCUT2D eigenvalue weighted by molar-refractivity contribution is 0.0733. The van der Waals surface area contributed by atoms with Crippen LogP contribution in [0.4, 0.5) is 0 Å². The van der Waals surface area contributed by atoms with E-state index in [2.05, 4.69) is 21.7 Å². The van der Waals surface area contributed by atoms with E-state index in [-0.39, 0.29) is 35.8 Å². The van der Waals surface area contributed by atoms with Crippen molar-refractivity contribution in [3.05, 3.63) is 53.9 Å². The summed E-state index contributed by atoms with van der Waals surface area (Å²) < 4.78 is 34.7. The SMILES string of the molecule is C[C@H](CO)N1C[C@H](C)[C@H](CN(C)Cc2cccnc2)Oc2cc(C#C[C@@H](C)O)ccc2S1(=O)=O. The summed E-state index contributed by atoms with van der Waals surface area (Å²) in [6.45, 7) is 6.37. The molecule has 1 aliphatic heterocycles. The summed E-state index contributed by atoms with van der Waals surface area (Å²) in [6.07, 6.45) is 2.43. The number of hydrogen-bond donors (Lipinski definition) is 2. The Morgan fingerprint density at radius 2 is 2.09 bits per heavy atom. The highest BCUT2D eigenvalue weighted by molar-refractivity contribution is 7.89. The number of rotatable bonds is 6. The molecule has 0 unspecified atom stereocenters. The molecule has 184 valence electrons. The molecule has 0 saturated heterocycles. The molecule has 0 bridgehead atoms. The molecule has 0 fully saturated rings. The molecule has 1 aliphatic rings. The van der Waals surface area contributed by atoms with E-state index < -0.39 is 22.2 Å². The lowest BCUT2D eigenvalue weighted by Crippen LogP contribution is -2.49. The van der Waals surface area contributed by atoms with Crippen molar-refractivity contribution in [2.75, 3.05) is 26.7 Å². The average Bonchev–Trinajstić information content (AvgIpc) is 2.80. The molecule has 9 heteroatoms. The smallest absolute Gasteiger partial charge is 0.247 e. The molecule has 1 aromatic heterocycles. The van der Waals surface area contributed by atoms with Crippen LogP contribution in [-0.2, 0) is 16.6 Å². The van der Waals surface area contributed by atoms with Crippen LogP contribution in [0.3, 0.4) is 0 Å². The Kier molecular flexibility index (Phi) is 8.68. The molecule has 0 spiro atoms. The number of aromatic nitrogens is 1. The maximum atomic E-state index is 13.5. The standard InChI is InChI=1S/C25H33N3O5S/c1-18-14-28(19(2)17-29)34(31,32)25-10-9-21(8-7-20(3)30)12-23(25)33-24(18)16-27(4)15-22-6-5-11-26-13-22/h5-6,9-13,18-20,24,29-30H,14-17H2,1-4H3/t18-,19+,20+,24-/m0/s1. The van der Waals surface area contributed by atoms with Crippen molar-refractivity contribution < 1.29 is 23.4 Å². The van der Waals surface area contributed by atoms with E-state index in [0.29, 0.717) is 18.7 Å². The number of sulfonamides is 1. The topological polar surface area (TPSA) is 103 Å². The number of likely N-dealkylation sites (N-methyl/N-ethyl adjacent to an activating group) is 1. The van der Waals surface area contributed by atoms with Crippen LogP contribution in [0, 0.1) is 17.8 Å². The number of fused-ring (bicyclic) bond motifs is 1. The van der Waals surface area contributed by atoms with Crippen LogP contribution in [0.25, 0.3) is 0 Å². The molecule has 0 saturated carbocycles. The Bertz CT molecular complexity index is 1130. The number of benzene rings is 1. The molecule has 4 atom stereocenters. The first-order valence-electron chi connectivity index (χ1n) is 11.3. The summed E-state index contributed by atoms with van der Waals surface area (Å²) in [5, 5.41) is 19.3. The Morgan fingerprint density at radius 1 is 1.32 bits per heavy atom. The minimum Gasteiger partial charge on any atom is -0.487 e. The number of pyridine rings is 1. The minimum absolute atomic E-state index is 0.0437. The largest absolute Gasteiger partial charge is 0.487 e. The first kappa shape index (κ1) is 26.1. The molecule has 0 aliphatic carbocycles. The Hall–Kier alpha value is -2.48. The van der Waals surface area contributed by atoms with E-state index in [4.69, 9.17) is 4.74 Å². The van der Waals surface area contributed by atoms with Crippen LogP contribution in [0.5, 0.6) is 5.75 Å². The van der Waals surface area contributed by atoms with Crippen molar-refractivity contribution in [1.29, 1.82) is 0 Å². The van der Waals surface area contributed by atoms with E-state index in [1.54, 1.807) is 32.2 Å². The average molecular weight is 488 g/mol. The molecule has 2 N–H and O–H groups in total. The van der Waals surface area contributed by atoms with Gasteiger partial charge in [0.15, 0.2) is 0 Å². The van der Waals surface area contributed by atoms with Crippen LogP contribution >= 0.6 is 0 Å². The van der Waals surface area contributed by atoms with E-state index in [1.165, 1.54) is 10.4 Å². The molecular weight excluding hydrogens is 454 g/mol. The maximum Gasteiger partial charge on any atom is 0.247 e. The second-order valence-electron chi connectivity index (χ2n) is 8.90. The first-order chi connectivity index (χ1) is 16.1. The fourth-order valence-electron chi connectivity index (χ4n) is 3.88. The van der Waals surface area contributed by atoms with Crippen LogP contribution in [0.2, 0.25) is 0 Å². The van der Waals surface area contributed by atoms with Crippen molar-refractivity contribution in [3.63, 3.8) is 0 Å². The zero-order valence-electron chi connectivity index (χ0n) is 20.0. The van der Waals surface area contributed by atoms with E-state index in [9.17, 15) is 18.6 Å². The normalized spacial score (nSPS) is 21.9. The number of nitrogens with zero attached hydrogens (tertiary/aromatic N) is 3. The van der Waals surface area contributed by atoms with Crippen molar-refractivity contribution >= 4 is 10.0 Å². The number of aliphatic hydroxyl groups is 2. The Morgan fingerprint density at radius 3 is 2.74 bits per heavy atom. The number of hydrogen-bond acceptors (Lipinski definition) is 7. The zero-order chi connectivity index (χ0) is 24.9. The van der Waals surface area contributed by atoms with Crippen LogP contribution in [-0.4, -0.2) is 77.8 Å². The monoisotopic (exact) mass is 487 g/mol. The van der Waals surface area contributed by atoms with E-state index >= 15 is 0 Å². The fourth-order valence-corrected chi connectivity index (χ4v) is 5.71. The van der Waals surface area contributed by atoms with Gasteiger partial charge in [-0.1, -0.05) is 24.8 Å². The molecule has 2 heterocycles. The molecule has 0 amide bonds. The van der Waals surface area contributed by atoms with Gasteiger partial charge in [0, 0.05) is 49.6 Å². The summed E-state index contributed by atoms with van der Waals surface area (Å²) in [7, 11) is -1.92. The van der Waals surface area contributed by atoms with Gasteiger partial charge in [-0.25, -0.2) is 8.42 Å². The predicted octanol–water partition coefficient (Wildman–Crippen LogP) is 1.71. The van der Waals surface area contributed by atoms with Crippen molar-refractivity contribution in [2.24, 2.45) is 5.92 Å². The van der Waals surface area contributed by atoms with E-state index in [1.807, 2.05) is 32.3 Å². The molecular formula is C25H33N3O5S. The molecule has 3 rings (SSSR count). The molecule has 0 radical (unpaired) electrons. The van der Waals surface area contributed by atoms with Gasteiger partial charge in [-0.05, 0) is 50.7 Å². The molecule has 8 nitrogen and oxygen atoms in total. The van der Waals surface area contributed by atoms with Gasteiger partial charge in [-0.2, -0.15) is 4.31 Å². The van der Waals surface area contributed by atoms with Gasteiger partial charge in [0.2, 0.25) is 10.0 Å². The van der Waals surface area contributed by atoms with Gasteiger partial charge in [0.05, 0.1) is 6.61 Å². The summed E-state index contributed by atoms with van der Waals surface area (Å²) in [5.74, 6) is 5.60. The van der Waals surface area contributed by atoms with Crippen molar-refractivity contribution in [3.8, 4) is 17.6 Å². The fraction of sp³-hybridized carbons (Fsp3) is 0.480. The summed E-state index contributed by atoms with van der Waals surface area (Å²) in [4.78, 5) is 6.32. The van der Waals surface area contributed by atoms with Gasteiger partial charge < -0.3 is 14.9 Å². The second-order valence-corrected chi connectivity index (χ2v) is 10.8. The highest BCUT2D eigenvalue weighted by Gasteiger charge is 2.38. The van der Waals surface area contributed by atoms with Crippen molar-refractivity contribution in [2.45, 2.75) is 50.5 Å². The quantitative estimate of drug-likeness (QED) is 0.598. The minimum atomic E-state index is -3.91. The molecule has 1 aromatic carbocycles. The predicted molar refractivity (Wildman–Crippen MR) is 130 cm³/mol. The third-order valence-corrected chi connectivity index (χ3v) is 7.78. The van der Waals surface area contributed by atoms with Crippen LogP contribution in [0.1, 0.15) is 31.9 Å². The summed E-state index contributed by atoms with van der Waals surface area (Å²) >= 11 is 0. The van der Waals surface area contributed by atoms with E-state index in [0.717, 1.165) is 5.56 Å². The van der Waals surface area contributed by atoms with Gasteiger partial charge in [-0.3, -0.25) is 9.88 Å². The highest BCUT2D eigenvalue weighted by atomic mass is 32.2. The summed E-state index contributed by atoms with van der Waals surface area (Å²) in [5.41, 5.74) is 1.62. The number of ether oxygens (including phenoxy) is 1.